The van der Waals surface area contributed by atoms with Crippen molar-refractivity contribution in [2.24, 2.45) is 0 Å². The first-order valence-electron chi connectivity index (χ1n) is 9.47. The molecule has 1 rings (SSSR count). The molecule has 0 radical (unpaired) electrons. The fourth-order valence-corrected chi connectivity index (χ4v) is 2.41. The molecule has 1 fully saturated rings. The molecule has 1 aliphatic rings. The summed E-state index contributed by atoms with van der Waals surface area (Å²) in [5.41, 5.74) is 0. The first-order chi connectivity index (χ1) is 12.6. The summed E-state index contributed by atoms with van der Waals surface area (Å²) in [6.07, 6.45) is 25.2. The van der Waals surface area contributed by atoms with Gasteiger partial charge in [-0.05, 0) is 38.5 Å². The van der Waals surface area contributed by atoms with Gasteiger partial charge in [0.25, 0.3) is 0 Å². The van der Waals surface area contributed by atoms with Crippen LogP contribution in [0.15, 0.2) is 60.8 Å². The van der Waals surface area contributed by atoms with Crippen LogP contribution in [0.1, 0.15) is 51.9 Å². The van der Waals surface area contributed by atoms with Gasteiger partial charge in [-0.1, -0.05) is 67.7 Å². The maximum absolute atomic E-state index is 10.3. The Bertz CT molecular complexity index is 528. The Morgan fingerprint density at radius 3 is 2.46 bits per heavy atom. The van der Waals surface area contributed by atoms with E-state index in [0.29, 0.717) is 25.0 Å². The van der Waals surface area contributed by atoms with Crippen LogP contribution in [-0.4, -0.2) is 34.5 Å². The van der Waals surface area contributed by atoms with E-state index in [-0.39, 0.29) is 6.42 Å². The molecule has 0 saturated carbocycles. The topological polar surface area (TPSA) is 70.1 Å². The lowest BCUT2D eigenvalue weighted by molar-refractivity contribution is -0.136. The van der Waals surface area contributed by atoms with Crippen LogP contribution in [0.5, 0.6) is 0 Å². The Labute approximate surface area is 157 Å². The van der Waals surface area contributed by atoms with Gasteiger partial charge in [0.15, 0.2) is 0 Å². The van der Waals surface area contributed by atoms with Gasteiger partial charge in [0.2, 0.25) is 0 Å². The zero-order valence-corrected chi connectivity index (χ0v) is 15.7. The third kappa shape index (κ3) is 12.5. The molecule has 0 amide bonds. The number of rotatable bonds is 14. The zero-order chi connectivity index (χ0) is 19.0. The molecule has 144 valence electrons. The number of hydrogen-bond donors (Lipinski definition) is 2. The maximum atomic E-state index is 10.3. The van der Waals surface area contributed by atoms with Crippen molar-refractivity contribution in [1.82, 2.24) is 0 Å². The maximum Gasteiger partial charge on any atom is 0.303 e. The summed E-state index contributed by atoms with van der Waals surface area (Å²) < 4.78 is 5.47. The molecule has 26 heavy (non-hydrogen) atoms. The van der Waals surface area contributed by atoms with E-state index in [9.17, 15) is 9.90 Å². The highest BCUT2D eigenvalue weighted by molar-refractivity contribution is 5.66. The number of hydrogen-bond acceptors (Lipinski definition) is 3. The van der Waals surface area contributed by atoms with Gasteiger partial charge in [0.1, 0.15) is 0 Å². The van der Waals surface area contributed by atoms with E-state index in [1.165, 1.54) is 0 Å². The van der Waals surface area contributed by atoms with E-state index in [0.717, 1.165) is 25.7 Å². The summed E-state index contributed by atoms with van der Waals surface area (Å²) in [6, 6.07) is 0. The molecule has 0 aromatic rings. The van der Waals surface area contributed by atoms with Crippen molar-refractivity contribution in [3.63, 3.8) is 0 Å². The van der Waals surface area contributed by atoms with Gasteiger partial charge in [0, 0.05) is 6.42 Å². The number of carboxylic acids is 1. The van der Waals surface area contributed by atoms with Crippen molar-refractivity contribution >= 4 is 5.97 Å². The lowest BCUT2D eigenvalue weighted by Gasteiger charge is -1.98. The minimum atomic E-state index is -0.775. The average Bonchev–Trinajstić information content (AvgIpc) is 3.38. The monoisotopic (exact) mass is 360 g/mol. The molecule has 1 aliphatic heterocycles. The number of aliphatic carboxylic acids is 1. The number of aliphatic hydroxyl groups excluding tert-OH is 1. The minimum absolute atomic E-state index is 0.168. The molecule has 3 unspecified atom stereocenters. The number of aliphatic hydroxyl groups is 1. The Balaban J connectivity index is 2.01. The normalized spacial score (nSPS) is 21.8. The summed E-state index contributed by atoms with van der Waals surface area (Å²) in [4.78, 5) is 10.3. The van der Waals surface area contributed by atoms with E-state index >= 15 is 0 Å². The Morgan fingerprint density at radius 1 is 1.00 bits per heavy atom. The van der Waals surface area contributed by atoms with E-state index in [1.807, 2.05) is 36.5 Å². The highest BCUT2D eigenvalue weighted by atomic mass is 16.6. The van der Waals surface area contributed by atoms with Crippen molar-refractivity contribution in [2.75, 3.05) is 0 Å². The zero-order valence-electron chi connectivity index (χ0n) is 15.7. The van der Waals surface area contributed by atoms with Crippen LogP contribution in [-0.2, 0) is 9.53 Å². The van der Waals surface area contributed by atoms with Crippen LogP contribution < -0.4 is 0 Å². The quantitative estimate of drug-likeness (QED) is 0.267. The van der Waals surface area contributed by atoms with Gasteiger partial charge in [-0.15, -0.1) is 0 Å². The van der Waals surface area contributed by atoms with Gasteiger partial charge >= 0.3 is 5.97 Å². The molecule has 1 heterocycles. The summed E-state index contributed by atoms with van der Waals surface area (Å²) in [7, 11) is 0. The minimum Gasteiger partial charge on any atom is -0.481 e. The number of epoxide rings is 1. The van der Waals surface area contributed by atoms with Crippen LogP contribution in [0.25, 0.3) is 0 Å². The molecule has 0 spiro atoms. The second-order valence-electron chi connectivity index (χ2n) is 6.29. The van der Waals surface area contributed by atoms with Crippen LogP contribution in [0.3, 0.4) is 0 Å². The molecule has 1 saturated heterocycles. The van der Waals surface area contributed by atoms with Crippen LogP contribution in [0.2, 0.25) is 0 Å². The molecule has 0 bridgehead atoms. The third-order valence-corrected chi connectivity index (χ3v) is 3.99. The van der Waals surface area contributed by atoms with Crippen molar-refractivity contribution in [3.8, 4) is 0 Å². The standard InChI is InChI=1S/C22H32O4/c1-2-20-21(26-20)17-13-9-5-3-7-11-15-19(23)16-12-8-4-6-10-14-18-22(24)25/h3,6-13,15,19-21,23H,2,4-5,14,16-18H2,1H3,(H,24,25)/b7-3-,10-6-,12-8-,13-9-,15-11-. The number of ether oxygens (including phenoxy) is 1. The second kappa shape index (κ2) is 14.3. The predicted molar refractivity (Wildman–Crippen MR) is 106 cm³/mol. The van der Waals surface area contributed by atoms with Crippen molar-refractivity contribution < 1.29 is 19.7 Å². The molecular weight excluding hydrogens is 328 g/mol. The molecule has 3 atom stereocenters. The predicted octanol–water partition coefficient (Wildman–Crippen LogP) is 4.73. The third-order valence-electron chi connectivity index (χ3n) is 3.99. The molecule has 2 N–H and O–H groups in total. The first-order valence-corrected chi connectivity index (χ1v) is 9.47. The molecule has 4 heteroatoms. The highest BCUT2D eigenvalue weighted by Gasteiger charge is 2.35. The van der Waals surface area contributed by atoms with Gasteiger partial charge in [-0.25, -0.2) is 0 Å². The first kappa shape index (κ1) is 22.1. The fraction of sp³-hybridized carbons (Fsp3) is 0.500. The summed E-state index contributed by atoms with van der Waals surface area (Å²) >= 11 is 0. The van der Waals surface area contributed by atoms with E-state index in [4.69, 9.17) is 9.84 Å². The van der Waals surface area contributed by atoms with Gasteiger partial charge in [0.05, 0.1) is 18.3 Å². The Hall–Kier alpha value is -1.91. The fourth-order valence-electron chi connectivity index (χ4n) is 2.41. The number of carboxylic acid groups (broad SMARTS) is 1. The Morgan fingerprint density at radius 2 is 1.73 bits per heavy atom. The van der Waals surface area contributed by atoms with Gasteiger partial charge in [-0.2, -0.15) is 0 Å². The summed E-state index contributed by atoms with van der Waals surface area (Å²) in [5.74, 6) is -0.775. The van der Waals surface area contributed by atoms with Crippen LogP contribution in [0, 0.1) is 0 Å². The SMILES string of the molecule is CCC1OC1C/C=C\C/C=C\C=C/C(O)C/C=C\C/C=C\CCC(=O)O. The van der Waals surface area contributed by atoms with Gasteiger partial charge < -0.3 is 14.9 Å². The highest BCUT2D eigenvalue weighted by Crippen LogP contribution is 2.28. The molecule has 0 aromatic carbocycles. The van der Waals surface area contributed by atoms with Crippen molar-refractivity contribution in [2.45, 2.75) is 70.2 Å². The summed E-state index contributed by atoms with van der Waals surface area (Å²) in [6.45, 7) is 2.15. The van der Waals surface area contributed by atoms with Crippen molar-refractivity contribution in [3.05, 3.63) is 60.8 Å². The van der Waals surface area contributed by atoms with E-state index in [1.54, 1.807) is 6.08 Å². The average molecular weight is 360 g/mol. The lowest BCUT2D eigenvalue weighted by Crippen LogP contribution is -1.98. The van der Waals surface area contributed by atoms with Crippen LogP contribution in [0.4, 0.5) is 0 Å². The largest absolute Gasteiger partial charge is 0.481 e. The van der Waals surface area contributed by atoms with E-state index in [2.05, 4.69) is 25.2 Å². The lowest BCUT2D eigenvalue weighted by atomic mass is 10.2. The second-order valence-corrected chi connectivity index (χ2v) is 6.29. The number of allylic oxidation sites excluding steroid dienone is 7. The molecule has 0 aromatic heterocycles. The van der Waals surface area contributed by atoms with Crippen LogP contribution >= 0.6 is 0 Å². The number of carbonyl (C=O) groups is 1. The van der Waals surface area contributed by atoms with E-state index < -0.39 is 12.1 Å². The molecule has 0 aliphatic carbocycles. The summed E-state index contributed by atoms with van der Waals surface area (Å²) in [5, 5.41) is 18.3. The van der Waals surface area contributed by atoms with Gasteiger partial charge in [-0.3, -0.25) is 4.79 Å². The smallest absolute Gasteiger partial charge is 0.303 e. The van der Waals surface area contributed by atoms with Crippen molar-refractivity contribution in [1.29, 1.82) is 0 Å². The molecule has 4 nitrogen and oxygen atoms in total. The Kier molecular flexibility index (Phi) is 12.2. The molecular formula is C22H32O4.